The molecule has 2 N–H and O–H groups in total. The minimum atomic E-state index is -0.358. The molecule has 0 amide bonds. The highest BCUT2D eigenvalue weighted by molar-refractivity contribution is 5.40. The van der Waals surface area contributed by atoms with Crippen LogP contribution in [-0.2, 0) is 19.4 Å². The molecule has 0 saturated carbocycles. The molecule has 0 bridgehead atoms. The fourth-order valence-corrected chi connectivity index (χ4v) is 1.14. The van der Waals surface area contributed by atoms with Crippen LogP contribution in [0.4, 0.5) is 17.8 Å². The molecule has 0 unspecified atom stereocenters. The first-order valence-corrected chi connectivity index (χ1v) is 5.07. The van der Waals surface area contributed by atoms with Crippen LogP contribution in [0, 0.1) is 0 Å². The maximum absolute atomic E-state index is 8.84. The van der Waals surface area contributed by atoms with E-state index in [1.807, 2.05) is 0 Å². The van der Waals surface area contributed by atoms with Crippen LogP contribution in [0.25, 0.3) is 0 Å². The topological polar surface area (TPSA) is 114 Å². The quantitative estimate of drug-likeness (QED) is 0.454. The smallest absolute Gasteiger partial charge is 0.284 e. The van der Waals surface area contributed by atoms with Crippen molar-refractivity contribution in [2.45, 2.75) is 0 Å². The Kier molecular flexibility index (Phi) is 6.11. The molecule has 0 spiro atoms. The third-order valence-corrected chi connectivity index (χ3v) is 1.84. The predicted molar refractivity (Wildman–Crippen MR) is 63.5 cm³/mol. The average molecular weight is 276 g/mol. The maximum atomic E-state index is 8.84. The van der Waals surface area contributed by atoms with E-state index in [-0.39, 0.29) is 24.6 Å². The number of nitrogens with zero attached hydrogens (tertiary/aromatic N) is 5. The van der Waals surface area contributed by atoms with Gasteiger partial charge in [0.25, 0.3) is 11.9 Å². The molecule has 0 atom stereocenters. The highest BCUT2D eigenvalue weighted by Gasteiger charge is 2.17. The molecule has 11 nitrogen and oxygen atoms in total. The van der Waals surface area contributed by atoms with Crippen LogP contribution in [0.2, 0.25) is 0 Å². The van der Waals surface area contributed by atoms with Crippen molar-refractivity contribution in [3.63, 3.8) is 0 Å². The van der Waals surface area contributed by atoms with Crippen LogP contribution in [-0.4, -0.2) is 55.2 Å². The lowest BCUT2D eigenvalue weighted by Crippen LogP contribution is -2.27. The van der Waals surface area contributed by atoms with Crippen molar-refractivity contribution in [1.82, 2.24) is 15.0 Å². The number of aliphatic hydroxyl groups excluding tert-OH is 1. The highest BCUT2D eigenvalue weighted by atomic mass is 16.9. The van der Waals surface area contributed by atoms with Gasteiger partial charge in [0.2, 0.25) is 5.95 Å². The van der Waals surface area contributed by atoms with Gasteiger partial charge >= 0.3 is 0 Å². The summed E-state index contributed by atoms with van der Waals surface area (Å²) in [5, 5.41) is 13.2. The van der Waals surface area contributed by atoms with Gasteiger partial charge in [-0.15, -0.1) is 0 Å². The zero-order chi connectivity index (χ0) is 14.3. The summed E-state index contributed by atoms with van der Waals surface area (Å²) in [6.45, 7) is -0.358. The van der Waals surface area contributed by atoms with Gasteiger partial charge in [0, 0.05) is 0 Å². The second-order valence-corrected chi connectivity index (χ2v) is 2.84. The minimum Gasteiger partial charge on any atom is -0.376 e. The van der Waals surface area contributed by atoms with Gasteiger partial charge in [0.1, 0.15) is 6.73 Å². The summed E-state index contributed by atoms with van der Waals surface area (Å²) in [5.41, 5.74) is 0. The summed E-state index contributed by atoms with van der Waals surface area (Å²) < 4.78 is 0. The van der Waals surface area contributed by atoms with Crippen LogP contribution in [0.1, 0.15) is 0 Å². The number of aromatic nitrogens is 3. The first-order chi connectivity index (χ1) is 9.19. The predicted octanol–water partition coefficient (Wildman–Crippen LogP) is -0.908. The fraction of sp³-hybridized carbons (Fsp3) is 0.625. The second kappa shape index (κ2) is 7.60. The summed E-state index contributed by atoms with van der Waals surface area (Å²) in [7, 11) is 5.49. The number of nitrogens with one attached hydrogen (secondary N) is 1. The summed E-state index contributed by atoms with van der Waals surface area (Å²) >= 11 is 0. The molecule has 11 heteroatoms. The monoisotopic (exact) mass is 276 g/mol. The van der Waals surface area contributed by atoms with E-state index in [1.54, 1.807) is 0 Å². The highest BCUT2D eigenvalue weighted by Crippen LogP contribution is 2.16. The normalized spacial score (nSPS) is 10.4. The zero-order valence-electron chi connectivity index (χ0n) is 11.0. The maximum Gasteiger partial charge on any atom is 0.284 e. The van der Waals surface area contributed by atoms with Crippen molar-refractivity contribution >= 4 is 17.8 Å². The average Bonchev–Trinajstić information content (AvgIpc) is 2.42. The fourth-order valence-electron chi connectivity index (χ4n) is 1.14. The van der Waals surface area contributed by atoms with Gasteiger partial charge in [-0.25, -0.2) is 19.4 Å². The van der Waals surface area contributed by atoms with Gasteiger partial charge < -0.3 is 10.4 Å². The molecule has 108 valence electrons. The van der Waals surface area contributed by atoms with E-state index in [4.69, 9.17) is 24.5 Å². The van der Waals surface area contributed by atoms with Crippen LogP contribution in [0.15, 0.2) is 0 Å². The van der Waals surface area contributed by atoms with Gasteiger partial charge in [-0.05, 0) is 0 Å². The lowest BCUT2D eigenvalue weighted by Gasteiger charge is -2.20. The minimum absolute atomic E-state index is 0.0325. The van der Waals surface area contributed by atoms with Crippen molar-refractivity contribution in [1.29, 1.82) is 0 Å². The molecule has 0 aliphatic rings. The molecule has 1 aromatic rings. The van der Waals surface area contributed by atoms with E-state index >= 15 is 0 Å². The van der Waals surface area contributed by atoms with E-state index in [1.165, 1.54) is 28.4 Å². The SMILES string of the molecule is CON(OC)c1nc(NCO)nc(N(OC)OC)n1. The molecule has 0 aliphatic heterocycles. The molecule has 0 saturated heterocycles. The van der Waals surface area contributed by atoms with Crippen molar-refractivity contribution < 1.29 is 24.5 Å². The van der Waals surface area contributed by atoms with Crippen LogP contribution >= 0.6 is 0 Å². The summed E-state index contributed by atoms with van der Waals surface area (Å²) in [6.07, 6.45) is 0. The Morgan fingerprint density at radius 3 is 1.63 bits per heavy atom. The standard InChI is InChI=1S/C8H16N6O5/c1-16-13(17-2)7-10-6(9-5-15)11-8(12-7)14(18-3)19-4/h15H,5H2,1-4H3,(H,9,10,11,12). The Morgan fingerprint density at radius 2 is 1.32 bits per heavy atom. The molecule has 1 heterocycles. The van der Waals surface area contributed by atoms with E-state index in [9.17, 15) is 0 Å². The van der Waals surface area contributed by atoms with E-state index in [0.29, 0.717) is 0 Å². The second-order valence-electron chi connectivity index (χ2n) is 2.84. The third-order valence-electron chi connectivity index (χ3n) is 1.84. The molecule has 1 rings (SSSR count). The Balaban J connectivity index is 3.16. The molecule has 0 fully saturated rings. The van der Waals surface area contributed by atoms with Crippen molar-refractivity contribution in [2.24, 2.45) is 0 Å². The molecular weight excluding hydrogens is 260 g/mol. The number of rotatable bonds is 8. The van der Waals surface area contributed by atoms with Gasteiger partial charge in [-0.2, -0.15) is 15.0 Å². The Labute approximate surface area is 109 Å². The van der Waals surface area contributed by atoms with Crippen molar-refractivity contribution in [3.8, 4) is 0 Å². The van der Waals surface area contributed by atoms with E-state index < -0.39 is 0 Å². The molecule has 1 aromatic heterocycles. The third kappa shape index (κ3) is 3.84. The van der Waals surface area contributed by atoms with Gasteiger partial charge in [0.05, 0.1) is 28.4 Å². The van der Waals surface area contributed by atoms with Gasteiger partial charge in [-0.3, -0.25) is 0 Å². The first kappa shape index (κ1) is 15.3. The lowest BCUT2D eigenvalue weighted by molar-refractivity contribution is -0.0524. The molecule has 0 aliphatic carbocycles. The largest absolute Gasteiger partial charge is 0.376 e. The Bertz CT molecular complexity index is 356. The summed E-state index contributed by atoms with van der Waals surface area (Å²) in [4.78, 5) is 31.5. The summed E-state index contributed by atoms with van der Waals surface area (Å²) in [5.74, 6) is 0.149. The molecule has 0 aromatic carbocycles. The summed E-state index contributed by atoms with van der Waals surface area (Å²) in [6, 6.07) is 0. The lowest BCUT2D eigenvalue weighted by atomic mass is 10.8. The number of hydrogen-bond donors (Lipinski definition) is 2. The number of hydrogen-bond acceptors (Lipinski definition) is 11. The van der Waals surface area contributed by atoms with Crippen LogP contribution < -0.4 is 15.8 Å². The van der Waals surface area contributed by atoms with Gasteiger partial charge in [-0.1, -0.05) is 10.5 Å². The molecular formula is C8H16N6O5. The van der Waals surface area contributed by atoms with E-state index in [0.717, 1.165) is 10.5 Å². The molecule has 0 radical (unpaired) electrons. The van der Waals surface area contributed by atoms with Crippen LogP contribution in [0.3, 0.4) is 0 Å². The Hall–Kier alpha value is -1.79. The number of anilines is 3. The first-order valence-electron chi connectivity index (χ1n) is 5.07. The van der Waals surface area contributed by atoms with Crippen molar-refractivity contribution in [2.75, 3.05) is 50.9 Å². The Morgan fingerprint density at radius 1 is 0.895 bits per heavy atom. The van der Waals surface area contributed by atoms with Gasteiger partial charge in [0.15, 0.2) is 0 Å². The van der Waals surface area contributed by atoms with E-state index in [2.05, 4.69) is 20.3 Å². The molecule has 19 heavy (non-hydrogen) atoms. The number of aliphatic hydroxyl groups is 1. The zero-order valence-corrected chi connectivity index (χ0v) is 11.0. The van der Waals surface area contributed by atoms with Crippen molar-refractivity contribution in [3.05, 3.63) is 0 Å². The van der Waals surface area contributed by atoms with Crippen LogP contribution in [0.5, 0.6) is 0 Å².